The van der Waals surface area contributed by atoms with Crippen molar-refractivity contribution in [3.63, 3.8) is 0 Å². The van der Waals surface area contributed by atoms with Crippen molar-refractivity contribution in [2.45, 2.75) is 38.3 Å². The summed E-state index contributed by atoms with van der Waals surface area (Å²) in [6, 6.07) is 0. The molecule has 0 radical (unpaired) electrons. The molecule has 5 nitrogen and oxygen atoms in total. The average molecular weight is 224 g/mol. The van der Waals surface area contributed by atoms with Crippen LogP contribution in [0.4, 0.5) is 0 Å². The molecule has 1 unspecified atom stereocenters. The molecule has 2 rings (SSSR count). The zero-order valence-corrected chi connectivity index (χ0v) is 10.1. The van der Waals surface area contributed by atoms with Crippen LogP contribution in [-0.2, 0) is 13.6 Å². The van der Waals surface area contributed by atoms with E-state index in [4.69, 9.17) is 0 Å². The van der Waals surface area contributed by atoms with Gasteiger partial charge in [-0.1, -0.05) is 0 Å². The molecular weight excluding hydrogens is 204 g/mol. The number of hydrogen-bond donors (Lipinski definition) is 1. The number of rotatable bonds is 2. The first kappa shape index (κ1) is 11.5. The summed E-state index contributed by atoms with van der Waals surface area (Å²) < 4.78 is 1.95. The molecule has 0 amide bonds. The molecule has 5 heteroatoms. The van der Waals surface area contributed by atoms with E-state index in [0.29, 0.717) is 0 Å². The zero-order chi connectivity index (χ0) is 11.6. The van der Waals surface area contributed by atoms with Crippen LogP contribution in [0.3, 0.4) is 0 Å². The van der Waals surface area contributed by atoms with Gasteiger partial charge < -0.3 is 9.67 Å². The predicted molar refractivity (Wildman–Crippen MR) is 60.8 cm³/mol. The second-order valence-electron chi connectivity index (χ2n) is 4.98. The summed E-state index contributed by atoms with van der Waals surface area (Å²) in [6.07, 6.45) is 4.50. The molecule has 90 valence electrons. The Morgan fingerprint density at radius 1 is 1.44 bits per heavy atom. The molecule has 1 fully saturated rings. The van der Waals surface area contributed by atoms with Crippen LogP contribution in [0.5, 0.6) is 0 Å². The highest BCUT2D eigenvalue weighted by atomic mass is 16.3. The Balaban J connectivity index is 1.94. The van der Waals surface area contributed by atoms with Gasteiger partial charge in [0.1, 0.15) is 12.2 Å². The molecule has 1 N–H and O–H groups in total. The first-order valence-corrected chi connectivity index (χ1v) is 5.84. The van der Waals surface area contributed by atoms with Gasteiger partial charge in [-0.05, 0) is 32.7 Å². The van der Waals surface area contributed by atoms with E-state index in [1.165, 1.54) is 0 Å². The van der Waals surface area contributed by atoms with Crippen molar-refractivity contribution in [1.82, 2.24) is 19.7 Å². The molecule has 1 aromatic rings. The Labute approximate surface area is 96.1 Å². The van der Waals surface area contributed by atoms with Gasteiger partial charge in [-0.3, -0.25) is 4.90 Å². The smallest absolute Gasteiger partial charge is 0.146 e. The van der Waals surface area contributed by atoms with Crippen molar-refractivity contribution < 1.29 is 5.11 Å². The average Bonchev–Trinajstić information content (AvgIpc) is 2.52. The Bertz CT molecular complexity index is 348. The Morgan fingerprint density at radius 2 is 2.25 bits per heavy atom. The molecule has 0 spiro atoms. The predicted octanol–water partition coefficient (Wildman–Crippen LogP) is 0.552. The normalized spacial score (nSPS) is 27.9. The fourth-order valence-electron chi connectivity index (χ4n) is 2.13. The number of aryl methyl sites for hydroxylation is 1. The number of nitrogens with zero attached hydrogens (tertiary/aromatic N) is 4. The van der Waals surface area contributed by atoms with Crippen molar-refractivity contribution >= 4 is 0 Å². The van der Waals surface area contributed by atoms with Crippen LogP contribution >= 0.6 is 0 Å². The SMILES string of the molecule is Cn1cnnc1CN1CCCC(C)(O)CC1. The van der Waals surface area contributed by atoms with Crippen LogP contribution in [0.1, 0.15) is 32.0 Å². The molecular formula is C11H20N4O. The summed E-state index contributed by atoms with van der Waals surface area (Å²) in [6.45, 7) is 4.72. The second kappa shape index (κ2) is 4.51. The van der Waals surface area contributed by atoms with Crippen LogP contribution in [0.25, 0.3) is 0 Å². The van der Waals surface area contributed by atoms with Gasteiger partial charge in [0.15, 0.2) is 0 Å². The van der Waals surface area contributed by atoms with E-state index in [1.807, 2.05) is 18.5 Å². The van der Waals surface area contributed by atoms with Crippen LogP contribution in [0, 0.1) is 0 Å². The molecule has 1 aliphatic rings. The minimum absolute atomic E-state index is 0.491. The molecule has 2 heterocycles. The molecule has 1 aromatic heterocycles. The van der Waals surface area contributed by atoms with Gasteiger partial charge in [-0.2, -0.15) is 0 Å². The molecule has 1 atom stereocenters. The van der Waals surface area contributed by atoms with Crippen LogP contribution in [0.15, 0.2) is 6.33 Å². The highest BCUT2D eigenvalue weighted by Crippen LogP contribution is 2.21. The van der Waals surface area contributed by atoms with Gasteiger partial charge in [0.25, 0.3) is 0 Å². The summed E-state index contributed by atoms with van der Waals surface area (Å²) in [5, 5.41) is 18.0. The quantitative estimate of drug-likeness (QED) is 0.797. The van der Waals surface area contributed by atoms with Gasteiger partial charge in [0.2, 0.25) is 0 Å². The van der Waals surface area contributed by atoms with Crippen molar-refractivity contribution in [2.75, 3.05) is 13.1 Å². The Hall–Kier alpha value is -0.940. The standard InChI is InChI=1S/C11H20N4O/c1-11(16)4-3-6-15(7-5-11)8-10-13-12-9-14(10)2/h9,16H,3-8H2,1-2H3. The molecule has 0 aromatic carbocycles. The third kappa shape index (κ3) is 2.80. The first-order valence-electron chi connectivity index (χ1n) is 5.84. The van der Waals surface area contributed by atoms with Crippen molar-refractivity contribution in [3.05, 3.63) is 12.2 Å². The monoisotopic (exact) mass is 224 g/mol. The molecule has 0 aliphatic carbocycles. The summed E-state index contributed by atoms with van der Waals surface area (Å²) >= 11 is 0. The third-order valence-electron chi connectivity index (χ3n) is 3.33. The van der Waals surface area contributed by atoms with Crippen LogP contribution in [-0.4, -0.2) is 43.5 Å². The maximum atomic E-state index is 9.99. The molecule has 16 heavy (non-hydrogen) atoms. The van der Waals surface area contributed by atoms with Gasteiger partial charge in [0, 0.05) is 13.6 Å². The lowest BCUT2D eigenvalue weighted by molar-refractivity contribution is 0.0443. The summed E-state index contributed by atoms with van der Waals surface area (Å²) in [5.74, 6) is 0.988. The molecule has 1 saturated heterocycles. The Morgan fingerprint density at radius 3 is 2.94 bits per heavy atom. The second-order valence-corrected chi connectivity index (χ2v) is 4.98. The third-order valence-corrected chi connectivity index (χ3v) is 3.33. The highest BCUT2D eigenvalue weighted by Gasteiger charge is 2.25. The van der Waals surface area contributed by atoms with E-state index in [0.717, 1.165) is 44.7 Å². The lowest BCUT2D eigenvalue weighted by Gasteiger charge is -2.21. The minimum Gasteiger partial charge on any atom is -0.390 e. The maximum Gasteiger partial charge on any atom is 0.146 e. The van der Waals surface area contributed by atoms with Crippen molar-refractivity contribution in [3.8, 4) is 0 Å². The topological polar surface area (TPSA) is 54.2 Å². The van der Waals surface area contributed by atoms with E-state index < -0.39 is 5.60 Å². The van der Waals surface area contributed by atoms with E-state index in [-0.39, 0.29) is 0 Å². The van der Waals surface area contributed by atoms with E-state index >= 15 is 0 Å². The van der Waals surface area contributed by atoms with Crippen LogP contribution < -0.4 is 0 Å². The number of aliphatic hydroxyl groups is 1. The summed E-state index contributed by atoms with van der Waals surface area (Å²) in [4.78, 5) is 2.34. The summed E-state index contributed by atoms with van der Waals surface area (Å²) in [7, 11) is 1.96. The van der Waals surface area contributed by atoms with Gasteiger partial charge in [0.05, 0.1) is 12.1 Å². The molecule has 1 aliphatic heterocycles. The number of likely N-dealkylation sites (tertiary alicyclic amines) is 1. The first-order chi connectivity index (χ1) is 7.57. The molecule has 0 saturated carbocycles. The van der Waals surface area contributed by atoms with E-state index in [1.54, 1.807) is 6.33 Å². The Kier molecular flexibility index (Phi) is 3.25. The minimum atomic E-state index is -0.491. The molecule has 0 bridgehead atoms. The van der Waals surface area contributed by atoms with Crippen molar-refractivity contribution in [2.24, 2.45) is 7.05 Å². The fraction of sp³-hybridized carbons (Fsp3) is 0.818. The van der Waals surface area contributed by atoms with E-state index in [2.05, 4.69) is 15.1 Å². The lowest BCUT2D eigenvalue weighted by Crippen LogP contribution is -2.28. The number of aromatic nitrogens is 3. The van der Waals surface area contributed by atoms with Crippen LogP contribution in [0.2, 0.25) is 0 Å². The van der Waals surface area contributed by atoms with Crippen molar-refractivity contribution in [1.29, 1.82) is 0 Å². The highest BCUT2D eigenvalue weighted by molar-refractivity contribution is 4.86. The lowest BCUT2D eigenvalue weighted by atomic mass is 9.98. The largest absolute Gasteiger partial charge is 0.390 e. The van der Waals surface area contributed by atoms with Gasteiger partial charge in [-0.15, -0.1) is 10.2 Å². The van der Waals surface area contributed by atoms with Gasteiger partial charge in [-0.25, -0.2) is 0 Å². The summed E-state index contributed by atoms with van der Waals surface area (Å²) in [5.41, 5.74) is -0.491. The number of hydrogen-bond acceptors (Lipinski definition) is 4. The zero-order valence-electron chi connectivity index (χ0n) is 10.1. The fourth-order valence-corrected chi connectivity index (χ4v) is 2.13. The van der Waals surface area contributed by atoms with E-state index in [9.17, 15) is 5.11 Å². The maximum absolute atomic E-state index is 9.99. The van der Waals surface area contributed by atoms with Gasteiger partial charge >= 0.3 is 0 Å².